The summed E-state index contributed by atoms with van der Waals surface area (Å²) in [5, 5.41) is 45.0. The van der Waals surface area contributed by atoms with Crippen molar-refractivity contribution in [1.82, 2.24) is 20.3 Å². The molecule has 0 saturated heterocycles. The van der Waals surface area contributed by atoms with Crippen LogP contribution in [-0.2, 0) is 11.3 Å². The van der Waals surface area contributed by atoms with Gasteiger partial charge in [0.1, 0.15) is 5.69 Å². The molecule has 0 bridgehead atoms. The first-order valence-corrected chi connectivity index (χ1v) is 19.1. The number of benzene rings is 1. The summed E-state index contributed by atoms with van der Waals surface area (Å²) in [6.07, 6.45) is 9.82. The maximum absolute atomic E-state index is 14.6. The molecule has 4 fully saturated rings. The number of para-hydroxylation sites is 1. The minimum absolute atomic E-state index is 0.0199. The molecule has 1 aromatic heterocycles. The van der Waals surface area contributed by atoms with E-state index in [9.17, 15) is 20.1 Å². The summed E-state index contributed by atoms with van der Waals surface area (Å²) in [5.41, 5.74) is 1.64. The number of nitrogens with one attached hydrogen (secondary N) is 1. The first-order chi connectivity index (χ1) is 22.7. The number of rotatable bonds is 5. The molecule has 1 amide bonds. The van der Waals surface area contributed by atoms with Gasteiger partial charge in [0.15, 0.2) is 0 Å². The highest BCUT2D eigenvalue weighted by Gasteiger charge is 2.70. The largest absolute Gasteiger partial charge is 0.396 e. The molecule has 4 saturated carbocycles. The number of hydrogen-bond donors (Lipinski definition) is 4. The standard InChI is InChI=1S/C39H55BrN4O4/c1-23-13-16-39(34(48)41-20-25-21-44(43-42-25)28-10-8-7-9-27(28)40)18-17-37(5)26(32(39)24(23)2)11-12-31-35(3)19-29(46)33(47)36(4,22-45)30(35)14-15-38(31,37)6/h7-11,21,23-24,29-33,45-47H,12-20,22H2,1-6H3,(H,41,48)/t23-,24+,29-,30-,31-,32+,33+,35+,36+,37-,38-,39+/m1/s1. The molecule has 48 heavy (non-hydrogen) atoms. The lowest BCUT2D eigenvalue weighted by atomic mass is 9.33. The minimum atomic E-state index is -0.918. The van der Waals surface area contributed by atoms with E-state index in [4.69, 9.17) is 0 Å². The van der Waals surface area contributed by atoms with Crippen LogP contribution in [0.2, 0.25) is 0 Å². The molecule has 1 aromatic carbocycles. The third-order valence-electron chi connectivity index (χ3n) is 15.6. The van der Waals surface area contributed by atoms with Gasteiger partial charge in [-0.25, -0.2) is 4.68 Å². The van der Waals surface area contributed by atoms with Gasteiger partial charge in [-0.3, -0.25) is 4.79 Å². The molecule has 262 valence electrons. The van der Waals surface area contributed by atoms with Crippen LogP contribution in [0.5, 0.6) is 0 Å². The predicted octanol–water partition coefficient (Wildman–Crippen LogP) is 6.61. The smallest absolute Gasteiger partial charge is 0.227 e. The Morgan fingerprint density at radius 1 is 1.04 bits per heavy atom. The minimum Gasteiger partial charge on any atom is -0.396 e. The van der Waals surface area contributed by atoms with Crippen molar-refractivity contribution in [3.05, 3.63) is 52.3 Å². The number of aliphatic hydroxyl groups excluding tert-OH is 3. The number of nitrogens with zero attached hydrogens (tertiary/aromatic N) is 3. The van der Waals surface area contributed by atoms with Crippen molar-refractivity contribution in [2.24, 2.45) is 56.7 Å². The number of hydrogen-bond acceptors (Lipinski definition) is 6. The molecule has 5 aliphatic rings. The summed E-state index contributed by atoms with van der Waals surface area (Å²) in [4.78, 5) is 14.6. The van der Waals surface area contributed by atoms with Gasteiger partial charge in [-0.15, -0.1) is 5.10 Å². The summed E-state index contributed by atoms with van der Waals surface area (Å²) < 4.78 is 2.68. The molecule has 0 aliphatic heterocycles. The maximum atomic E-state index is 14.6. The number of allylic oxidation sites excluding steroid dienone is 2. The third-order valence-corrected chi connectivity index (χ3v) is 16.3. The van der Waals surface area contributed by atoms with Crippen molar-refractivity contribution in [3.8, 4) is 5.69 Å². The molecule has 1 heterocycles. The number of halogens is 1. The highest BCUT2D eigenvalue weighted by Crippen LogP contribution is 2.75. The summed E-state index contributed by atoms with van der Waals surface area (Å²) in [6.45, 7) is 14.3. The number of carbonyl (C=O) groups excluding carboxylic acids is 1. The fourth-order valence-electron chi connectivity index (χ4n) is 12.5. The van der Waals surface area contributed by atoms with Crippen molar-refractivity contribution in [3.63, 3.8) is 0 Å². The lowest BCUT2D eigenvalue weighted by Crippen LogP contribution is -2.68. The van der Waals surface area contributed by atoms with Crippen molar-refractivity contribution in [1.29, 1.82) is 0 Å². The molecule has 0 spiro atoms. The van der Waals surface area contributed by atoms with Gasteiger partial charge in [-0.1, -0.05) is 70.5 Å². The van der Waals surface area contributed by atoms with Crippen molar-refractivity contribution >= 4 is 21.8 Å². The SMILES string of the molecule is C[C@H]1[C@H](C)CC[C@]2(C(=O)NCc3cn(-c4ccccc4Br)nn3)CC[C@]3(C)C(=CC[C@@H]4[C@@]5(C)C[C@@H](O)[C@H](O)[C@@](C)(CO)[C@@H]5CC[C@]43C)[C@H]12. The summed E-state index contributed by atoms with van der Waals surface area (Å²) in [6, 6.07) is 7.89. The lowest BCUT2D eigenvalue weighted by molar-refractivity contribution is -0.243. The zero-order valence-corrected chi connectivity index (χ0v) is 31.1. The molecule has 5 aliphatic carbocycles. The van der Waals surface area contributed by atoms with E-state index in [-0.39, 0.29) is 40.6 Å². The number of aromatic nitrogens is 3. The van der Waals surface area contributed by atoms with E-state index in [2.05, 4.69) is 72.3 Å². The summed E-state index contributed by atoms with van der Waals surface area (Å²) >= 11 is 3.60. The van der Waals surface area contributed by atoms with Gasteiger partial charge in [0.05, 0.1) is 42.7 Å². The molecular formula is C39H55BrN4O4. The number of aliphatic hydroxyl groups is 3. The zero-order chi connectivity index (χ0) is 34.4. The molecule has 8 nitrogen and oxygen atoms in total. The number of carbonyl (C=O) groups is 1. The monoisotopic (exact) mass is 722 g/mol. The van der Waals surface area contributed by atoms with Gasteiger partial charge in [0.25, 0.3) is 0 Å². The predicted molar refractivity (Wildman–Crippen MR) is 189 cm³/mol. The normalized spacial score (nSPS) is 45.2. The van der Waals surface area contributed by atoms with Gasteiger partial charge in [-0.2, -0.15) is 0 Å². The number of amides is 1. The van der Waals surface area contributed by atoms with Crippen LogP contribution in [0.3, 0.4) is 0 Å². The van der Waals surface area contributed by atoms with E-state index in [1.54, 1.807) is 4.68 Å². The van der Waals surface area contributed by atoms with Crippen LogP contribution in [0, 0.1) is 56.7 Å². The van der Waals surface area contributed by atoms with Crippen molar-refractivity contribution in [2.45, 2.75) is 112 Å². The first-order valence-electron chi connectivity index (χ1n) is 18.3. The Bertz CT molecular complexity index is 1610. The molecular weight excluding hydrogens is 668 g/mol. The van der Waals surface area contributed by atoms with E-state index in [0.717, 1.165) is 60.8 Å². The van der Waals surface area contributed by atoms with Gasteiger partial charge in [0, 0.05) is 9.89 Å². The summed E-state index contributed by atoms with van der Waals surface area (Å²) in [7, 11) is 0. The second-order valence-corrected chi connectivity index (χ2v) is 18.3. The van der Waals surface area contributed by atoms with E-state index in [0.29, 0.717) is 30.7 Å². The van der Waals surface area contributed by atoms with Crippen LogP contribution in [0.1, 0.15) is 98.6 Å². The quantitative estimate of drug-likeness (QED) is 0.258. The Morgan fingerprint density at radius 3 is 2.52 bits per heavy atom. The fourth-order valence-corrected chi connectivity index (χ4v) is 13.0. The molecule has 12 atom stereocenters. The van der Waals surface area contributed by atoms with Crippen LogP contribution >= 0.6 is 15.9 Å². The van der Waals surface area contributed by atoms with E-state index in [1.807, 2.05) is 37.4 Å². The highest BCUT2D eigenvalue weighted by molar-refractivity contribution is 9.10. The Morgan fingerprint density at radius 2 is 1.79 bits per heavy atom. The van der Waals surface area contributed by atoms with E-state index < -0.39 is 23.0 Å². The average molecular weight is 724 g/mol. The van der Waals surface area contributed by atoms with Crippen molar-refractivity contribution in [2.75, 3.05) is 6.61 Å². The highest BCUT2D eigenvalue weighted by atomic mass is 79.9. The fraction of sp³-hybridized carbons (Fsp3) is 0.718. The van der Waals surface area contributed by atoms with Crippen LogP contribution in [0.25, 0.3) is 5.69 Å². The topological polar surface area (TPSA) is 121 Å². The Labute approximate surface area is 294 Å². The van der Waals surface area contributed by atoms with Gasteiger partial charge < -0.3 is 20.6 Å². The second kappa shape index (κ2) is 11.7. The zero-order valence-electron chi connectivity index (χ0n) is 29.5. The van der Waals surface area contributed by atoms with E-state index >= 15 is 0 Å². The van der Waals surface area contributed by atoms with Crippen LogP contribution in [0.4, 0.5) is 0 Å². The Hall–Kier alpha value is -2.07. The third kappa shape index (κ3) is 4.65. The molecule has 9 heteroatoms. The summed E-state index contributed by atoms with van der Waals surface area (Å²) in [5.74, 6) is 1.67. The number of fused-ring (bicyclic) bond motifs is 7. The van der Waals surface area contributed by atoms with Crippen LogP contribution in [-0.4, -0.2) is 55.0 Å². The molecule has 2 aromatic rings. The van der Waals surface area contributed by atoms with Gasteiger partial charge in [0.2, 0.25) is 5.91 Å². The second-order valence-electron chi connectivity index (χ2n) is 17.5. The van der Waals surface area contributed by atoms with Crippen LogP contribution < -0.4 is 5.32 Å². The Balaban J connectivity index is 1.20. The van der Waals surface area contributed by atoms with Crippen molar-refractivity contribution < 1.29 is 20.1 Å². The molecule has 0 unspecified atom stereocenters. The maximum Gasteiger partial charge on any atom is 0.227 e. The van der Waals surface area contributed by atoms with Gasteiger partial charge in [-0.05, 0) is 125 Å². The molecule has 0 radical (unpaired) electrons. The van der Waals surface area contributed by atoms with Gasteiger partial charge >= 0.3 is 0 Å². The van der Waals surface area contributed by atoms with Crippen LogP contribution in [0.15, 0.2) is 46.6 Å². The average Bonchev–Trinajstić information content (AvgIpc) is 3.53. The van der Waals surface area contributed by atoms with E-state index in [1.165, 1.54) is 5.57 Å². The first kappa shape index (κ1) is 34.4. The lowest BCUT2D eigenvalue weighted by Gasteiger charge is -2.71. The molecule has 7 rings (SSSR count). The molecule has 4 N–H and O–H groups in total. The Kier molecular flexibility index (Phi) is 8.41.